The highest BCUT2D eigenvalue weighted by Crippen LogP contribution is 2.19. The van der Waals surface area contributed by atoms with Gasteiger partial charge in [0, 0.05) is 0 Å². The van der Waals surface area contributed by atoms with Gasteiger partial charge in [0.05, 0.1) is 0 Å². The average molecular weight is 409 g/mol. The van der Waals surface area contributed by atoms with E-state index in [1.807, 2.05) is 0 Å². The molecule has 0 aromatic carbocycles. The molecule has 0 spiro atoms. The minimum atomic E-state index is 0.967. The fourth-order valence-electron chi connectivity index (χ4n) is 4.69. The largest absolute Gasteiger partial charge is 0.0654 e. The van der Waals surface area contributed by atoms with Gasteiger partial charge < -0.3 is 0 Å². The van der Waals surface area contributed by atoms with Crippen LogP contribution >= 0.6 is 0 Å². The van der Waals surface area contributed by atoms with E-state index < -0.39 is 0 Å². The zero-order valence-corrected chi connectivity index (χ0v) is 21.4. The van der Waals surface area contributed by atoms with Crippen LogP contribution in [0, 0.1) is 11.8 Å². The summed E-state index contributed by atoms with van der Waals surface area (Å²) in [6, 6.07) is 0. The van der Waals surface area contributed by atoms with E-state index in [9.17, 15) is 0 Å². The summed E-state index contributed by atoms with van der Waals surface area (Å²) >= 11 is 0. The van der Waals surface area contributed by atoms with Crippen molar-refractivity contribution in [3.63, 3.8) is 0 Å². The van der Waals surface area contributed by atoms with Gasteiger partial charge in [-0.2, -0.15) is 0 Å². The second-order valence-electron chi connectivity index (χ2n) is 10.4. The van der Waals surface area contributed by atoms with Gasteiger partial charge in [-0.25, -0.2) is 0 Å². The molecule has 0 heteroatoms. The molecule has 0 radical (unpaired) electrons. The predicted octanol–water partition coefficient (Wildman–Crippen LogP) is 11.3. The van der Waals surface area contributed by atoms with Crippen LogP contribution in [0.4, 0.5) is 0 Å². The summed E-state index contributed by atoms with van der Waals surface area (Å²) in [5, 5.41) is 0. The third kappa shape index (κ3) is 24.1. The molecule has 0 nitrogen and oxygen atoms in total. The molecule has 0 aliphatic rings. The maximum absolute atomic E-state index is 2.47. The van der Waals surface area contributed by atoms with Crippen molar-refractivity contribution in [1.29, 1.82) is 0 Å². The first-order chi connectivity index (χ1) is 14.2. The zero-order valence-electron chi connectivity index (χ0n) is 21.4. The molecule has 0 N–H and O–H groups in total. The van der Waals surface area contributed by atoms with Gasteiger partial charge in [-0.3, -0.25) is 0 Å². The highest BCUT2D eigenvalue weighted by Gasteiger charge is 2.02. The van der Waals surface area contributed by atoms with Crippen molar-refractivity contribution >= 4 is 0 Å². The van der Waals surface area contributed by atoms with Crippen LogP contribution in [0.1, 0.15) is 175 Å². The smallest absolute Gasteiger partial charge is 0.0443 e. The summed E-state index contributed by atoms with van der Waals surface area (Å²) in [5.74, 6) is 1.94. The van der Waals surface area contributed by atoms with Crippen LogP contribution in [0.25, 0.3) is 0 Å². The molecule has 0 amide bonds. The van der Waals surface area contributed by atoms with Crippen molar-refractivity contribution in [2.24, 2.45) is 11.8 Å². The van der Waals surface area contributed by atoms with Gasteiger partial charge in [0.15, 0.2) is 0 Å². The molecule has 0 aromatic heterocycles. The summed E-state index contributed by atoms with van der Waals surface area (Å²) < 4.78 is 0. The Morgan fingerprint density at radius 2 is 0.552 bits per heavy atom. The molecule has 2 unspecified atom stereocenters. The molecule has 0 saturated carbocycles. The summed E-state index contributed by atoms with van der Waals surface area (Å²) in [4.78, 5) is 0. The van der Waals surface area contributed by atoms with E-state index in [0.717, 1.165) is 11.8 Å². The molecule has 0 aliphatic carbocycles. The van der Waals surface area contributed by atoms with Gasteiger partial charge in [0.25, 0.3) is 0 Å². The zero-order chi connectivity index (χ0) is 21.4. The van der Waals surface area contributed by atoms with Gasteiger partial charge in [0.2, 0.25) is 0 Å². The molecular weight excluding hydrogens is 348 g/mol. The molecule has 176 valence electrons. The molecule has 0 bridgehead atoms. The molecular formula is C29H60. The first-order valence-electron chi connectivity index (χ1n) is 14.2. The fourth-order valence-corrected chi connectivity index (χ4v) is 4.69. The maximum atomic E-state index is 2.47. The molecule has 29 heavy (non-hydrogen) atoms. The second kappa shape index (κ2) is 24.3. The van der Waals surface area contributed by atoms with E-state index in [1.54, 1.807) is 0 Å². The summed E-state index contributed by atoms with van der Waals surface area (Å²) in [6.45, 7) is 9.54. The van der Waals surface area contributed by atoms with E-state index in [2.05, 4.69) is 27.7 Å². The lowest BCUT2D eigenvalue weighted by atomic mass is 9.96. The molecule has 0 aromatic rings. The minimum absolute atomic E-state index is 0.967. The quantitative estimate of drug-likeness (QED) is 0.139. The van der Waals surface area contributed by atoms with Gasteiger partial charge in [-0.15, -0.1) is 0 Å². The van der Waals surface area contributed by atoms with Crippen LogP contribution < -0.4 is 0 Å². The standard InChI is InChI=1S/C29H60/c1-5-7-9-21-25-29(4)27-23-20-18-16-14-12-10-11-13-15-17-19-22-26-28(3)24-8-6-2/h28-29H,5-27H2,1-4H3. The Morgan fingerprint density at radius 1 is 0.310 bits per heavy atom. The maximum Gasteiger partial charge on any atom is -0.0443 e. The minimum Gasteiger partial charge on any atom is -0.0654 e. The Morgan fingerprint density at radius 3 is 0.862 bits per heavy atom. The van der Waals surface area contributed by atoms with Crippen molar-refractivity contribution in [1.82, 2.24) is 0 Å². The Bertz CT molecular complexity index is 282. The van der Waals surface area contributed by atoms with Crippen LogP contribution in [-0.2, 0) is 0 Å². The highest BCUT2D eigenvalue weighted by molar-refractivity contribution is 4.56. The van der Waals surface area contributed by atoms with Gasteiger partial charge in [-0.1, -0.05) is 175 Å². The molecule has 0 fully saturated rings. The van der Waals surface area contributed by atoms with Gasteiger partial charge in [-0.05, 0) is 11.8 Å². The Labute approximate surface area is 187 Å². The Kier molecular flexibility index (Phi) is 24.3. The van der Waals surface area contributed by atoms with Crippen LogP contribution in [0.15, 0.2) is 0 Å². The monoisotopic (exact) mass is 408 g/mol. The fraction of sp³-hybridized carbons (Fsp3) is 1.00. The van der Waals surface area contributed by atoms with Crippen molar-refractivity contribution in [3.8, 4) is 0 Å². The topological polar surface area (TPSA) is 0 Å². The Balaban J connectivity index is 3.13. The van der Waals surface area contributed by atoms with Crippen molar-refractivity contribution in [2.45, 2.75) is 175 Å². The van der Waals surface area contributed by atoms with E-state index in [1.165, 1.54) is 148 Å². The second-order valence-corrected chi connectivity index (χ2v) is 10.4. The number of hydrogen-bond acceptors (Lipinski definition) is 0. The summed E-state index contributed by atoms with van der Waals surface area (Å²) in [7, 11) is 0. The van der Waals surface area contributed by atoms with Gasteiger partial charge >= 0.3 is 0 Å². The normalized spacial score (nSPS) is 13.7. The third-order valence-corrected chi connectivity index (χ3v) is 6.99. The number of hydrogen-bond donors (Lipinski definition) is 0. The van der Waals surface area contributed by atoms with E-state index in [0.29, 0.717) is 0 Å². The summed E-state index contributed by atoms with van der Waals surface area (Å²) in [6.07, 6.45) is 33.7. The third-order valence-electron chi connectivity index (χ3n) is 6.99. The molecule has 0 saturated heterocycles. The number of rotatable bonds is 24. The van der Waals surface area contributed by atoms with E-state index in [4.69, 9.17) is 0 Å². The summed E-state index contributed by atoms with van der Waals surface area (Å²) in [5.41, 5.74) is 0. The highest BCUT2D eigenvalue weighted by atomic mass is 14.1. The SMILES string of the molecule is CCCCCCC(C)CCCCCCCCCCCCCCCC(C)CCCC. The predicted molar refractivity (Wildman–Crippen MR) is 136 cm³/mol. The van der Waals surface area contributed by atoms with Crippen molar-refractivity contribution in [3.05, 3.63) is 0 Å². The first-order valence-corrected chi connectivity index (χ1v) is 14.2. The van der Waals surface area contributed by atoms with Crippen LogP contribution in [-0.4, -0.2) is 0 Å². The molecule has 0 aliphatic heterocycles. The van der Waals surface area contributed by atoms with E-state index in [-0.39, 0.29) is 0 Å². The molecule has 2 atom stereocenters. The average Bonchev–Trinajstić information content (AvgIpc) is 2.72. The lowest BCUT2D eigenvalue weighted by molar-refractivity contribution is 0.432. The first kappa shape index (κ1) is 29.0. The van der Waals surface area contributed by atoms with Crippen LogP contribution in [0.3, 0.4) is 0 Å². The van der Waals surface area contributed by atoms with Crippen molar-refractivity contribution < 1.29 is 0 Å². The van der Waals surface area contributed by atoms with Crippen molar-refractivity contribution in [2.75, 3.05) is 0 Å². The number of unbranched alkanes of at least 4 members (excludes halogenated alkanes) is 16. The molecule has 0 heterocycles. The lowest BCUT2D eigenvalue weighted by Crippen LogP contribution is -1.95. The lowest BCUT2D eigenvalue weighted by Gasteiger charge is -2.10. The van der Waals surface area contributed by atoms with E-state index >= 15 is 0 Å². The van der Waals surface area contributed by atoms with Crippen LogP contribution in [0.2, 0.25) is 0 Å². The van der Waals surface area contributed by atoms with Crippen LogP contribution in [0.5, 0.6) is 0 Å². The molecule has 0 rings (SSSR count). The Hall–Kier alpha value is 0. The van der Waals surface area contributed by atoms with Gasteiger partial charge in [0.1, 0.15) is 0 Å².